The minimum Gasteiger partial charge on any atom is -0.428 e. The van der Waals surface area contributed by atoms with Crippen molar-refractivity contribution in [1.29, 1.82) is 0 Å². The normalized spacial score (nSPS) is 11.1. The molecule has 1 aromatic heterocycles. The van der Waals surface area contributed by atoms with Crippen molar-refractivity contribution in [3.63, 3.8) is 0 Å². The first kappa shape index (κ1) is 16.0. The van der Waals surface area contributed by atoms with Crippen LogP contribution in [0.5, 0.6) is 5.75 Å². The molecule has 1 heterocycles. The van der Waals surface area contributed by atoms with Gasteiger partial charge in [0.25, 0.3) is 0 Å². The smallest absolute Gasteiger partial charge is 0.428 e. The Morgan fingerprint density at radius 2 is 1.82 bits per heavy atom. The molecule has 2 aromatic rings. The Hall–Kier alpha value is -2.34. The zero-order chi connectivity index (χ0) is 16.3. The van der Waals surface area contributed by atoms with Gasteiger partial charge in [0.15, 0.2) is 0 Å². The molecule has 2 rings (SSSR count). The van der Waals surface area contributed by atoms with Gasteiger partial charge in [-0.1, -0.05) is 11.6 Å². The average Bonchev–Trinajstić information content (AvgIpc) is 2.36. The van der Waals surface area contributed by atoms with Crippen molar-refractivity contribution in [3.05, 3.63) is 35.5 Å². The second kappa shape index (κ2) is 6.19. The first-order valence-corrected chi connectivity index (χ1v) is 6.92. The van der Waals surface area contributed by atoms with E-state index in [1.807, 2.05) is 0 Å². The molecule has 0 radical (unpaired) electrons. The summed E-state index contributed by atoms with van der Waals surface area (Å²) in [6.45, 7) is 5.29. The number of carbonyl (C=O) groups is 1. The molecule has 0 saturated carbocycles. The quantitative estimate of drug-likeness (QED) is 0.515. The van der Waals surface area contributed by atoms with Crippen molar-refractivity contribution in [2.24, 2.45) is 0 Å². The molecule has 0 aliphatic carbocycles. The molecule has 0 spiro atoms. The molecule has 0 fully saturated rings. The van der Waals surface area contributed by atoms with Crippen LogP contribution in [0.15, 0.2) is 30.3 Å². The predicted molar refractivity (Wildman–Crippen MR) is 83.8 cm³/mol. The van der Waals surface area contributed by atoms with Gasteiger partial charge in [-0.3, -0.25) is 0 Å². The van der Waals surface area contributed by atoms with Gasteiger partial charge in [0, 0.05) is 11.6 Å². The summed E-state index contributed by atoms with van der Waals surface area (Å²) < 4.78 is 10.2. The molecule has 2 N–H and O–H groups in total. The first-order chi connectivity index (χ1) is 10.2. The molecule has 0 aliphatic heterocycles. The Morgan fingerprint density at radius 3 is 2.36 bits per heavy atom. The van der Waals surface area contributed by atoms with Gasteiger partial charge < -0.3 is 15.2 Å². The van der Waals surface area contributed by atoms with Crippen molar-refractivity contribution >= 4 is 23.7 Å². The molecule has 1 aromatic carbocycles. The number of aromatic nitrogens is 2. The Balaban J connectivity index is 2.12. The summed E-state index contributed by atoms with van der Waals surface area (Å²) in [7, 11) is 0. The molecule has 0 bridgehead atoms. The fraction of sp³-hybridized carbons (Fsp3) is 0.267. The summed E-state index contributed by atoms with van der Waals surface area (Å²) in [5.41, 5.74) is 6.31. The maximum Gasteiger partial charge on any atom is 0.514 e. The predicted octanol–water partition coefficient (Wildman–Crippen LogP) is 3.69. The van der Waals surface area contributed by atoms with Crippen LogP contribution in [-0.4, -0.2) is 21.7 Å². The number of rotatable bonds is 2. The van der Waals surface area contributed by atoms with Crippen molar-refractivity contribution in [2.75, 3.05) is 5.73 Å². The zero-order valence-electron chi connectivity index (χ0n) is 12.5. The minimum atomic E-state index is -0.755. The van der Waals surface area contributed by atoms with E-state index < -0.39 is 11.8 Å². The summed E-state index contributed by atoms with van der Waals surface area (Å²) in [6, 6.07) is 8.33. The highest BCUT2D eigenvalue weighted by atomic mass is 35.5. The van der Waals surface area contributed by atoms with Crippen LogP contribution in [0.3, 0.4) is 0 Å². The minimum absolute atomic E-state index is 0.0941. The number of nitrogen functional groups attached to an aromatic ring is 1. The number of nitrogens with two attached hydrogens (primary N) is 1. The van der Waals surface area contributed by atoms with Crippen LogP contribution in [0.25, 0.3) is 11.3 Å². The fourth-order valence-corrected chi connectivity index (χ4v) is 1.83. The van der Waals surface area contributed by atoms with Gasteiger partial charge in [-0.2, -0.15) is 0 Å². The topological polar surface area (TPSA) is 87.3 Å². The van der Waals surface area contributed by atoms with Gasteiger partial charge in [0.1, 0.15) is 16.5 Å². The number of carbonyl (C=O) groups excluding carboxylic acids is 1. The summed E-state index contributed by atoms with van der Waals surface area (Å²) >= 11 is 5.84. The van der Waals surface area contributed by atoms with Crippen LogP contribution in [0, 0.1) is 0 Å². The molecular weight excluding hydrogens is 306 g/mol. The van der Waals surface area contributed by atoms with Crippen LogP contribution in [0.1, 0.15) is 20.8 Å². The van der Waals surface area contributed by atoms with E-state index in [2.05, 4.69) is 9.97 Å². The molecule has 0 aliphatic rings. The number of ether oxygens (including phenoxy) is 2. The molecule has 0 amide bonds. The molecular formula is C15H16ClN3O3. The second-order valence-corrected chi connectivity index (χ2v) is 5.91. The molecule has 0 atom stereocenters. The third-order valence-corrected chi connectivity index (χ3v) is 2.65. The van der Waals surface area contributed by atoms with Gasteiger partial charge in [-0.15, -0.1) is 0 Å². The van der Waals surface area contributed by atoms with Crippen LogP contribution in [0.4, 0.5) is 10.7 Å². The van der Waals surface area contributed by atoms with Crippen LogP contribution in [0.2, 0.25) is 5.15 Å². The Labute approximate surface area is 133 Å². The van der Waals surface area contributed by atoms with E-state index in [1.165, 1.54) is 0 Å². The SMILES string of the molecule is CC(C)(C)OC(=O)Oc1ccc(-c2cc(Cl)nc(N)n2)cc1. The monoisotopic (exact) mass is 321 g/mol. The van der Waals surface area contributed by atoms with Crippen LogP contribution in [-0.2, 0) is 4.74 Å². The highest BCUT2D eigenvalue weighted by Crippen LogP contribution is 2.23. The first-order valence-electron chi connectivity index (χ1n) is 6.54. The molecule has 0 unspecified atom stereocenters. The Morgan fingerprint density at radius 1 is 1.18 bits per heavy atom. The molecule has 6 nitrogen and oxygen atoms in total. The van der Waals surface area contributed by atoms with Crippen molar-refractivity contribution in [2.45, 2.75) is 26.4 Å². The molecule has 7 heteroatoms. The van der Waals surface area contributed by atoms with E-state index in [9.17, 15) is 4.79 Å². The average molecular weight is 322 g/mol. The summed E-state index contributed by atoms with van der Waals surface area (Å²) in [5, 5.41) is 0.261. The zero-order valence-corrected chi connectivity index (χ0v) is 13.2. The third-order valence-electron chi connectivity index (χ3n) is 2.45. The third kappa shape index (κ3) is 4.60. The highest BCUT2D eigenvalue weighted by molar-refractivity contribution is 6.29. The lowest BCUT2D eigenvalue weighted by Gasteiger charge is -2.18. The van der Waals surface area contributed by atoms with Crippen molar-refractivity contribution in [1.82, 2.24) is 9.97 Å². The van der Waals surface area contributed by atoms with E-state index in [-0.39, 0.29) is 11.1 Å². The van der Waals surface area contributed by atoms with E-state index in [4.69, 9.17) is 26.8 Å². The summed E-state index contributed by atoms with van der Waals surface area (Å²) in [6.07, 6.45) is -0.755. The van der Waals surface area contributed by atoms with Crippen molar-refractivity contribution < 1.29 is 14.3 Å². The van der Waals surface area contributed by atoms with Crippen molar-refractivity contribution in [3.8, 4) is 17.0 Å². The van der Waals surface area contributed by atoms with Crippen LogP contribution >= 0.6 is 11.6 Å². The summed E-state index contributed by atoms with van der Waals surface area (Å²) in [5.74, 6) is 0.461. The maximum absolute atomic E-state index is 11.6. The Kier molecular flexibility index (Phi) is 4.51. The fourth-order valence-electron chi connectivity index (χ4n) is 1.64. The molecule has 116 valence electrons. The van der Waals surface area contributed by atoms with Crippen LogP contribution < -0.4 is 10.5 Å². The van der Waals surface area contributed by atoms with Gasteiger partial charge in [0.05, 0.1) is 5.69 Å². The lowest BCUT2D eigenvalue weighted by Crippen LogP contribution is -2.25. The number of anilines is 1. The number of hydrogen-bond donors (Lipinski definition) is 1. The van der Waals surface area contributed by atoms with E-state index >= 15 is 0 Å². The van der Waals surface area contributed by atoms with E-state index in [0.717, 1.165) is 5.56 Å². The highest BCUT2D eigenvalue weighted by Gasteiger charge is 2.18. The number of halogens is 1. The van der Waals surface area contributed by atoms with E-state index in [1.54, 1.807) is 51.1 Å². The van der Waals surface area contributed by atoms with E-state index in [0.29, 0.717) is 11.4 Å². The lowest BCUT2D eigenvalue weighted by molar-refractivity contribution is 0.0206. The lowest BCUT2D eigenvalue weighted by atomic mass is 10.1. The van der Waals surface area contributed by atoms with Gasteiger partial charge in [0.2, 0.25) is 5.95 Å². The Bertz CT molecular complexity index is 661. The number of nitrogens with zero attached hydrogens (tertiary/aromatic N) is 2. The second-order valence-electron chi connectivity index (χ2n) is 5.52. The van der Waals surface area contributed by atoms with Gasteiger partial charge in [-0.25, -0.2) is 14.8 Å². The molecule has 22 heavy (non-hydrogen) atoms. The molecule has 0 saturated heterocycles. The maximum atomic E-state index is 11.6. The summed E-state index contributed by atoms with van der Waals surface area (Å²) in [4.78, 5) is 19.5. The van der Waals surface area contributed by atoms with Gasteiger partial charge in [-0.05, 0) is 45.0 Å². The van der Waals surface area contributed by atoms with Gasteiger partial charge >= 0.3 is 6.16 Å². The largest absolute Gasteiger partial charge is 0.514 e. The number of hydrogen-bond acceptors (Lipinski definition) is 6. The number of benzene rings is 1. The standard InChI is InChI=1S/C15H16ClN3O3/c1-15(2,3)22-14(20)21-10-6-4-9(5-7-10)11-8-12(16)19-13(17)18-11/h4-8H,1-3H3,(H2,17,18,19).